The maximum Gasteiger partial charge on any atom is 0.0801 e. The first kappa shape index (κ1) is 14.3. The second-order valence-corrected chi connectivity index (χ2v) is 5.04. The molecule has 0 aliphatic rings. The van der Waals surface area contributed by atoms with Gasteiger partial charge >= 0.3 is 0 Å². The number of hydrogen-bond donors (Lipinski definition) is 1. The molecule has 96 valence electrons. The Balaban J connectivity index is 2.77. The Bertz CT molecular complexity index is 346. The van der Waals surface area contributed by atoms with Crippen LogP contribution >= 0.6 is 11.5 Å². The van der Waals surface area contributed by atoms with Gasteiger partial charge in [0.05, 0.1) is 10.6 Å². The Labute approximate surface area is 108 Å². The normalized spacial score (nSPS) is 12.6. The molecule has 1 rings (SSSR count). The summed E-state index contributed by atoms with van der Waals surface area (Å²) in [4.78, 5) is 1.29. The molecule has 1 aromatic rings. The summed E-state index contributed by atoms with van der Waals surface area (Å²) in [5, 5.41) is 7.78. The molecule has 0 bridgehead atoms. The van der Waals surface area contributed by atoms with Gasteiger partial charge in [-0.05, 0) is 43.8 Å². The van der Waals surface area contributed by atoms with E-state index in [0.29, 0.717) is 6.04 Å². The molecule has 0 radical (unpaired) electrons. The van der Waals surface area contributed by atoms with Crippen LogP contribution in [0.4, 0.5) is 0 Å². The summed E-state index contributed by atoms with van der Waals surface area (Å²) in [7, 11) is 0. The van der Waals surface area contributed by atoms with Gasteiger partial charge in [-0.2, -0.15) is 0 Å². The van der Waals surface area contributed by atoms with E-state index in [-0.39, 0.29) is 0 Å². The van der Waals surface area contributed by atoms with E-state index in [2.05, 4.69) is 42.3 Å². The summed E-state index contributed by atoms with van der Waals surface area (Å²) in [5.41, 5.74) is 2.42. The molecule has 0 amide bonds. The maximum atomic E-state index is 4.20. The van der Waals surface area contributed by atoms with Crippen LogP contribution in [-0.4, -0.2) is 16.1 Å². The zero-order valence-corrected chi connectivity index (χ0v) is 11.9. The van der Waals surface area contributed by atoms with E-state index in [4.69, 9.17) is 0 Å². The Morgan fingerprint density at radius 2 is 2.18 bits per heavy atom. The van der Waals surface area contributed by atoms with Crippen LogP contribution in [0.3, 0.4) is 0 Å². The maximum absolute atomic E-state index is 4.20. The Kier molecular flexibility index (Phi) is 6.37. The number of aromatic nitrogens is 2. The van der Waals surface area contributed by atoms with Crippen LogP contribution in [0.2, 0.25) is 0 Å². The summed E-state index contributed by atoms with van der Waals surface area (Å²) in [6, 6.07) is 0.345. The molecule has 1 heterocycles. The topological polar surface area (TPSA) is 37.8 Å². The summed E-state index contributed by atoms with van der Waals surface area (Å²) >= 11 is 1.52. The van der Waals surface area contributed by atoms with Crippen molar-refractivity contribution in [2.45, 2.75) is 52.5 Å². The van der Waals surface area contributed by atoms with Gasteiger partial charge in [0.15, 0.2) is 0 Å². The zero-order valence-electron chi connectivity index (χ0n) is 11.1. The lowest BCUT2D eigenvalue weighted by Crippen LogP contribution is -2.22. The van der Waals surface area contributed by atoms with E-state index < -0.39 is 0 Å². The van der Waals surface area contributed by atoms with Crippen molar-refractivity contribution in [3.63, 3.8) is 0 Å². The molecule has 0 saturated heterocycles. The Morgan fingerprint density at radius 1 is 1.41 bits per heavy atom. The molecule has 4 heteroatoms. The molecule has 1 N–H and O–H groups in total. The van der Waals surface area contributed by atoms with Crippen molar-refractivity contribution >= 4 is 11.5 Å². The number of nitrogens with one attached hydrogen (secondary N) is 1. The lowest BCUT2D eigenvalue weighted by Gasteiger charge is -2.18. The fourth-order valence-corrected chi connectivity index (χ4v) is 2.55. The van der Waals surface area contributed by atoms with Crippen LogP contribution in [0, 0.1) is 0 Å². The highest BCUT2D eigenvalue weighted by molar-refractivity contribution is 7.05. The molecule has 0 aliphatic carbocycles. The lowest BCUT2D eigenvalue weighted by molar-refractivity contribution is 0.526. The van der Waals surface area contributed by atoms with E-state index in [0.717, 1.165) is 37.9 Å². The predicted octanol–water partition coefficient (Wildman–Crippen LogP) is 3.50. The van der Waals surface area contributed by atoms with Crippen molar-refractivity contribution in [1.29, 1.82) is 0 Å². The lowest BCUT2D eigenvalue weighted by atomic mass is 10.0. The molecule has 0 aliphatic heterocycles. The van der Waals surface area contributed by atoms with Gasteiger partial charge in [-0.1, -0.05) is 37.4 Å². The van der Waals surface area contributed by atoms with Crippen molar-refractivity contribution in [2.24, 2.45) is 0 Å². The monoisotopic (exact) mass is 253 g/mol. The van der Waals surface area contributed by atoms with Crippen LogP contribution in [0.5, 0.6) is 0 Å². The van der Waals surface area contributed by atoms with Gasteiger partial charge in [-0.25, -0.2) is 0 Å². The van der Waals surface area contributed by atoms with Crippen molar-refractivity contribution in [2.75, 3.05) is 6.54 Å². The van der Waals surface area contributed by atoms with Crippen molar-refractivity contribution in [3.05, 3.63) is 22.7 Å². The summed E-state index contributed by atoms with van der Waals surface area (Å²) in [5.74, 6) is 0. The van der Waals surface area contributed by atoms with Gasteiger partial charge in [0.2, 0.25) is 0 Å². The number of rotatable bonds is 8. The molecule has 0 fully saturated rings. The van der Waals surface area contributed by atoms with Crippen molar-refractivity contribution < 1.29 is 0 Å². The molecule has 0 aromatic carbocycles. The minimum atomic E-state index is 0.345. The average molecular weight is 253 g/mol. The molecule has 17 heavy (non-hydrogen) atoms. The van der Waals surface area contributed by atoms with Gasteiger partial charge in [-0.3, -0.25) is 0 Å². The molecule has 1 unspecified atom stereocenters. The van der Waals surface area contributed by atoms with Crippen molar-refractivity contribution in [3.8, 4) is 0 Å². The van der Waals surface area contributed by atoms with Gasteiger partial charge in [0.25, 0.3) is 0 Å². The third-order valence-electron chi connectivity index (χ3n) is 2.87. The molecule has 1 aromatic heterocycles. The first-order chi connectivity index (χ1) is 8.22. The summed E-state index contributed by atoms with van der Waals surface area (Å²) in [6.07, 6.45) is 4.13. The summed E-state index contributed by atoms with van der Waals surface area (Å²) in [6.45, 7) is 11.6. The third-order valence-corrected chi connectivity index (χ3v) is 3.75. The standard InChI is InChI=1S/C13H23N3S/c1-5-8-14-12(9-10(4)6-2)13-11(7-3)15-16-17-13/h12,14H,4-9H2,1-3H3. The second-order valence-electron chi connectivity index (χ2n) is 4.25. The minimum absolute atomic E-state index is 0.345. The van der Waals surface area contributed by atoms with Gasteiger partial charge in [-0.15, -0.1) is 5.10 Å². The quantitative estimate of drug-likeness (QED) is 0.721. The fraction of sp³-hybridized carbons (Fsp3) is 0.692. The number of aryl methyl sites for hydroxylation is 1. The van der Waals surface area contributed by atoms with Crippen LogP contribution in [0.25, 0.3) is 0 Å². The van der Waals surface area contributed by atoms with E-state index in [1.54, 1.807) is 0 Å². The molecular formula is C13H23N3S. The van der Waals surface area contributed by atoms with Gasteiger partial charge in [0.1, 0.15) is 0 Å². The Morgan fingerprint density at radius 3 is 2.76 bits per heavy atom. The van der Waals surface area contributed by atoms with Gasteiger partial charge in [0, 0.05) is 6.04 Å². The molecular weight excluding hydrogens is 230 g/mol. The van der Waals surface area contributed by atoms with E-state index in [9.17, 15) is 0 Å². The van der Waals surface area contributed by atoms with Gasteiger partial charge < -0.3 is 5.32 Å². The first-order valence-electron chi connectivity index (χ1n) is 6.43. The van der Waals surface area contributed by atoms with Crippen molar-refractivity contribution in [1.82, 2.24) is 14.9 Å². The largest absolute Gasteiger partial charge is 0.309 e. The van der Waals surface area contributed by atoms with Crippen LogP contribution in [0.1, 0.15) is 56.6 Å². The SMILES string of the molecule is C=C(CC)CC(NCCC)c1snnc1CC. The molecule has 1 atom stereocenters. The highest BCUT2D eigenvalue weighted by atomic mass is 32.1. The Hall–Kier alpha value is -0.740. The highest BCUT2D eigenvalue weighted by Gasteiger charge is 2.18. The average Bonchev–Trinajstić information content (AvgIpc) is 2.82. The third kappa shape index (κ3) is 4.21. The fourth-order valence-electron chi connectivity index (χ4n) is 1.73. The van der Waals surface area contributed by atoms with Crippen LogP contribution in [-0.2, 0) is 6.42 Å². The molecule has 0 spiro atoms. The number of hydrogen-bond acceptors (Lipinski definition) is 4. The first-order valence-corrected chi connectivity index (χ1v) is 7.21. The zero-order chi connectivity index (χ0) is 12.7. The minimum Gasteiger partial charge on any atom is -0.309 e. The van der Waals surface area contributed by atoms with E-state index in [1.807, 2.05) is 0 Å². The number of nitrogens with zero attached hydrogens (tertiary/aromatic N) is 2. The predicted molar refractivity (Wildman–Crippen MR) is 74.4 cm³/mol. The second kappa shape index (κ2) is 7.56. The van der Waals surface area contributed by atoms with E-state index in [1.165, 1.54) is 22.0 Å². The smallest absolute Gasteiger partial charge is 0.0801 e. The van der Waals surface area contributed by atoms with Crippen LogP contribution in [0.15, 0.2) is 12.2 Å². The highest BCUT2D eigenvalue weighted by Crippen LogP contribution is 2.27. The van der Waals surface area contributed by atoms with Crippen LogP contribution < -0.4 is 5.32 Å². The molecule has 0 saturated carbocycles. The van der Waals surface area contributed by atoms with E-state index >= 15 is 0 Å². The molecule has 3 nitrogen and oxygen atoms in total. The summed E-state index contributed by atoms with van der Waals surface area (Å²) < 4.78 is 4.08.